The highest BCUT2D eigenvalue weighted by atomic mass is 15.5. The molecule has 1 aromatic heterocycles. The van der Waals surface area contributed by atoms with Crippen LogP contribution < -0.4 is 0 Å². The van der Waals surface area contributed by atoms with E-state index in [0.29, 0.717) is 11.3 Å². The van der Waals surface area contributed by atoms with E-state index in [0.717, 1.165) is 6.42 Å². The van der Waals surface area contributed by atoms with Gasteiger partial charge in [-0.05, 0) is 51.9 Å². The summed E-state index contributed by atoms with van der Waals surface area (Å²) in [7, 11) is 0. The molecule has 0 spiro atoms. The molecule has 2 rings (SSSR count). The number of hydrogen-bond acceptors (Lipinski definition) is 2. The normalized spacial score (nSPS) is 21.2. The van der Waals surface area contributed by atoms with Crippen molar-refractivity contribution in [2.45, 2.75) is 91.5 Å². The second-order valence-electron chi connectivity index (χ2n) is 8.57. The Bertz CT molecular complexity index is 446. The summed E-state index contributed by atoms with van der Waals surface area (Å²) in [5.74, 6) is 0.611. The van der Waals surface area contributed by atoms with Gasteiger partial charge in [-0.3, -0.25) is 0 Å². The lowest BCUT2D eigenvalue weighted by Crippen LogP contribution is -2.28. The SMILES string of the molecule is CC(C)(C)CC1CCCCCc2nnn(C(C)(C)C)c21. The van der Waals surface area contributed by atoms with E-state index in [1.807, 2.05) is 0 Å². The first-order valence-corrected chi connectivity index (χ1v) is 8.13. The summed E-state index contributed by atoms with van der Waals surface area (Å²) in [6, 6.07) is 0. The van der Waals surface area contributed by atoms with Crippen molar-refractivity contribution in [2.75, 3.05) is 0 Å². The van der Waals surface area contributed by atoms with Gasteiger partial charge in [-0.15, -0.1) is 5.10 Å². The van der Waals surface area contributed by atoms with Crippen molar-refractivity contribution in [1.82, 2.24) is 15.0 Å². The van der Waals surface area contributed by atoms with Crippen LogP contribution in [0.1, 0.15) is 91.0 Å². The fraction of sp³-hybridized carbons (Fsp3) is 0.882. The van der Waals surface area contributed by atoms with Crippen LogP contribution in [0.25, 0.3) is 0 Å². The maximum atomic E-state index is 4.52. The lowest BCUT2D eigenvalue weighted by Gasteiger charge is -2.31. The molecule has 0 amide bonds. The first-order valence-electron chi connectivity index (χ1n) is 8.13. The largest absolute Gasteiger partial charge is 0.244 e. The molecular formula is C17H31N3. The Morgan fingerprint density at radius 3 is 2.35 bits per heavy atom. The molecule has 0 aromatic carbocycles. The van der Waals surface area contributed by atoms with Gasteiger partial charge in [0.15, 0.2) is 0 Å². The van der Waals surface area contributed by atoms with Crippen LogP contribution in [0.4, 0.5) is 0 Å². The van der Waals surface area contributed by atoms with Gasteiger partial charge in [0, 0.05) is 5.92 Å². The number of nitrogens with zero attached hydrogens (tertiary/aromatic N) is 3. The van der Waals surface area contributed by atoms with Crippen LogP contribution in [0.5, 0.6) is 0 Å². The van der Waals surface area contributed by atoms with E-state index >= 15 is 0 Å². The van der Waals surface area contributed by atoms with Gasteiger partial charge in [0.2, 0.25) is 0 Å². The van der Waals surface area contributed by atoms with Gasteiger partial charge in [0.25, 0.3) is 0 Å². The quantitative estimate of drug-likeness (QED) is 0.747. The lowest BCUT2D eigenvalue weighted by molar-refractivity contribution is 0.283. The van der Waals surface area contributed by atoms with Crippen LogP contribution in [0.2, 0.25) is 0 Å². The molecular weight excluding hydrogens is 246 g/mol. The van der Waals surface area contributed by atoms with Gasteiger partial charge in [0.05, 0.1) is 16.9 Å². The summed E-state index contributed by atoms with van der Waals surface area (Å²) >= 11 is 0. The van der Waals surface area contributed by atoms with Crippen molar-refractivity contribution >= 4 is 0 Å². The molecule has 0 radical (unpaired) electrons. The van der Waals surface area contributed by atoms with Crippen molar-refractivity contribution in [1.29, 1.82) is 0 Å². The van der Waals surface area contributed by atoms with Gasteiger partial charge in [-0.2, -0.15) is 0 Å². The summed E-state index contributed by atoms with van der Waals surface area (Å²) in [5.41, 5.74) is 3.06. The van der Waals surface area contributed by atoms with E-state index in [4.69, 9.17) is 0 Å². The molecule has 0 aliphatic heterocycles. The fourth-order valence-corrected chi connectivity index (χ4v) is 3.34. The minimum atomic E-state index is 0.0237. The first-order chi connectivity index (χ1) is 9.18. The van der Waals surface area contributed by atoms with Crippen LogP contribution in [-0.4, -0.2) is 15.0 Å². The van der Waals surface area contributed by atoms with E-state index in [2.05, 4.69) is 56.5 Å². The van der Waals surface area contributed by atoms with Gasteiger partial charge in [0.1, 0.15) is 0 Å². The Morgan fingerprint density at radius 2 is 1.75 bits per heavy atom. The molecule has 1 unspecified atom stereocenters. The first kappa shape index (κ1) is 15.5. The molecule has 1 heterocycles. The van der Waals surface area contributed by atoms with Crippen molar-refractivity contribution in [2.24, 2.45) is 5.41 Å². The molecule has 3 heteroatoms. The third kappa shape index (κ3) is 3.62. The zero-order valence-electron chi connectivity index (χ0n) is 14.2. The number of aromatic nitrogens is 3. The number of hydrogen-bond donors (Lipinski definition) is 0. The van der Waals surface area contributed by atoms with Crippen molar-refractivity contribution < 1.29 is 0 Å². The molecule has 114 valence electrons. The second-order valence-corrected chi connectivity index (χ2v) is 8.57. The van der Waals surface area contributed by atoms with Crippen LogP contribution in [0.15, 0.2) is 0 Å². The Kier molecular flexibility index (Phi) is 4.27. The monoisotopic (exact) mass is 277 g/mol. The zero-order chi connectivity index (χ0) is 15.0. The maximum absolute atomic E-state index is 4.52. The van der Waals surface area contributed by atoms with Gasteiger partial charge < -0.3 is 0 Å². The summed E-state index contributed by atoms with van der Waals surface area (Å²) in [6.45, 7) is 13.7. The summed E-state index contributed by atoms with van der Waals surface area (Å²) in [5, 5.41) is 9.02. The van der Waals surface area contributed by atoms with E-state index in [1.54, 1.807) is 0 Å². The lowest BCUT2D eigenvalue weighted by atomic mass is 9.79. The van der Waals surface area contributed by atoms with Crippen molar-refractivity contribution in [3.8, 4) is 0 Å². The topological polar surface area (TPSA) is 30.7 Å². The van der Waals surface area contributed by atoms with E-state index in [-0.39, 0.29) is 5.54 Å². The average molecular weight is 277 g/mol. The maximum Gasteiger partial charge on any atom is 0.0862 e. The highest BCUT2D eigenvalue weighted by molar-refractivity contribution is 5.19. The number of aryl methyl sites for hydroxylation is 1. The van der Waals surface area contributed by atoms with E-state index < -0.39 is 0 Å². The van der Waals surface area contributed by atoms with Gasteiger partial charge >= 0.3 is 0 Å². The Hall–Kier alpha value is -0.860. The van der Waals surface area contributed by atoms with Crippen LogP contribution in [-0.2, 0) is 12.0 Å². The van der Waals surface area contributed by atoms with Crippen molar-refractivity contribution in [3.05, 3.63) is 11.4 Å². The minimum Gasteiger partial charge on any atom is -0.244 e. The summed E-state index contributed by atoms with van der Waals surface area (Å²) in [4.78, 5) is 0. The molecule has 1 aliphatic rings. The third-order valence-corrected chi connectivity index (χ3v) is 4.13. The van der Waals surface area contributed by atoms with Gasteiger partial charge in [-0.25, -0.2) is 4.68 Å². The fourth-order valence-electron chi connectivity index (χ4n) is 3.34. The van der Waals surface area contributed by atoms with Gasteiger partial charge in [-0.1, -0.05) is 38.8 Å². The van der Waals surface area contributed by atoms with Crippen molar-refractivity contribution in [3.63, 3.8) is 0 Å². The highest BCUT2D eigenvalue weighted by Crippen LogP contribution is 2.38. The Morgan fingerprint density at radius 1 is 1.05 bits per heavy atom. The average Bonchev–Trinajstić information content (AvgIpc) is 2.65. The molecule has 1 aromatic rings. The molecule has 0 saturated carbocycles. The molecule has 3 nitrogen and oxygen atoms in total. The second kappa shape index (κ2) is 5.50. The molecule has 0 saturated heterocycles. The molecule has 0 fully saturated rings. The third-order valence-electron chi connectivity index (χ3n) is 4.13. The predicted molar refractivity (Wildman–Crippen MR) is 84.0 cm³/mol. The minimum absolute atomic E-state index is 0.0237. The Balaban J connectivity index is 2.43. The standard InChI is InChI=1S/C17H31N3/c1-16(2,3)12-13-10-8-7-9-11-14-15(13)20(19-18-14)17(4,5)6/h13H,7-12H2,1-6H3. The number of rotatable bonds is 1. The smallest absolute Gasteiger partial charge is 0.0862 e. The predicted octanol–water partition coefficient (Wildman–Crippen LogP) is 4.67. The summed E-state index contributed by atoms with van der Waals surface area (Å²) < 4.78 is 2.20. The van der Waals surface area contributed by atoms with E-state index in [1.165, 1.54) is 43.5 Å². The molecule has 0 bridgehead atoms. The van der Waals surface area contributed by atoms with E-state index in [9.17, 15) is 0 Å². The summed E-state index contributed by atoms with van der Waals surface area (Å²) in [6.07, 6.45) is 7.55. The molecule has 20 heavy (non-hydrogen) atoms. The number of fused-ring (bicyclic) bond motifs is 1. The van der Waals surface area contributed by atoms with Crippen LogP contribution in [0, 0.1) is 5.41 Å². The molecule has 0 N–H and O–H groups in total. The Labute approximate surface area is 124 Å². The molecule has 1 atom stereocenters. The zero-order valence-corrected chi connectivity index (χ0v) is 14.2. The van der Waals surface area contributed by atoms with Crippen LogP contribution >= 0.6 is 0 Å². The van der Waals surface area contributed by atoms with Crippen LogP contribution in [0.3, 0.4) is 0 Å². The molecule has 1 aliphatic carbocycles. The highest BCUT2D eigenvalue weighted by Gasteiger charge is 2.31.